The summed E-state index contributed by atoms with van der Waals surface area (Å²) in [6, 6.07) is 12.9. The van der Waals surface area contributed by atoms with Crippen LogP contribution in [0.1, 0.15) is 36.2 Å². The van der Waals surface area contributed by atoms with Gasteiger partial charge in [0.2, 0.25) is 0 Å². The largest absolute Gasteiger partial charge is 0.493 e. The number of anilines is 1. The van der Waals surface area contributed by atoms with Gasteiger partial charge in [0.05, 0.1) is 19.2 Å². The monoisotopic (exact) mass is 422 g/mol. The predicted molar refractivity (Wildman–Crippen MR) is 125 cm³/mol. The molecule has 1 aliphatic rings. The number of methoxy groups -OCH3 is 2. The van der Waals surface area contributed by atoms with E-state index >= 15 is 0 Å². The molecular formula is C24H26N2O3S. The van der Waals surface area contributed by atoms with Crippen LogP contribution in [0.5, 0.6) is 11.5 Å². The number of carbonyl (C=O) groups is 1. The number of amides is 1. The molecule has 6 heteroatoms. The zero-order valence-corrected chi connectivity index (χ0v) is 18.5. The van der Waals surface area contributed by atoms with Crippen molar-refractivity contribution in [1.29, 1.82) is 0 Å². The summed E-state index contributed by atoms with van der Waals surface area (Å²) in [5.74, 6) is 0.877. The van der Waals surface area contributed by atoms with Crippen molar-refractivity contribution in [3.05, 3.63) is 82.5 Å². The van der Waals surface area contributed by atoms with Crippen molar-refractivity contribution in [2.45, 2.75) is 20.3 Å². The number of nitrogens with zero attached hydrogens (tertiary/aromatic N) is 1. The van der Waals surface area contributed by atoms with Crippen LogP contribution in [-0.2, 0) is 0 Å². The fourth-order valence-electron chi connectivity index (χ4n) is 3.19. The summed E-state index contributed by atoms with van der Waals surface area (Å²) < 4.78 is 10.6. The van der Waals surface area contributed by atoms with E-state index in [1.807, 2.05) is 31.2 Å². The molecule has 1 N–H and O–H groups in total. The highest BCUT2D eigenvalue weighted by atomic mass is 32.2. The number of ether oxygens (including phenoxy) is 2. The van der Waals surface area contributed by atoms with Crippen molar-refractivity contribution in [1.82, 2.24) is 4.90 Å². The second-order valence-electron chi connectivity index (χ2n) is 6.73. The number of para-hydroxylation sites is 1. The minimum absolute atomic E-state index is 0.216. The molecular weight excluding hydrogens is 396 g/mol. The van der Waals surface area contributed by atoms with Crippen LogP contribution >= 0.6 is 11.8 Å². The maximum Gasteiger partial charge on any atom is 0.255 e. The van der Waals surface area contributed by atoms with Gasteiger partial charge in [-0.15, -0.1) is 0 Å². The van der Waals surface area contributed by atoms with Gasteiger partial charge in [-0.25, -0.2) is 0 Å². The Kier molecular flexibility index (Phi) is 6.90. The van der Waals surface area contributed by atoms with Gasteiger partial charge in [-0.1, -0.05) is 43.5 Å². The van der Waals surface area contributed by atoms with E-state index in [0.717, 1.165) is 28.3 Å². The minimum atomic E-state index is -0.216. The van der Waals surface area contributed by atoms with E-state index in [-0.39, 0.29) is 5.91 Å². The van der Waals surface area contributed by atoms with Gasteiger partial charge in [0.1, 0.15) is 0 Å². The Morgan fingerprint density at radius 1 is 1.17 bits per heavy atom. The third kappa shape index (κ3) is 4.54. The smallest absolute Gasteiger partial charge is 0.255 e. The highest BCUT2D eigenvalue weighted by molar-refractivity contribution is 8.06. The molecule has 0 aromatic heterocycles. The molecule has 156 valence electrons. The Bertz CT molecular complexity index is 1030. The number of allylic oxidation sites excluding steroid dienone is 2. The lowest BCUT2D eigenvalue weighted by atomic mass is 10.1. The Morgan fingerprint density at radius 2 is 1.90 bits per heavy atom. The number of carbonyl (C=O) groups excluding carboxylic acids is 1. The van der Waals surface area contributed by atoms with Gasteiger partial charge >= 0.3 is 0 Å². The summed E-state index contributed by atoms with van der Waals surface area (Å²) in [6.45, 7) is 8.28. The highest BCUT2D eigenvalue weighted by Gasteiger charge is 2.18. The van der Waals surface area contributed by atoms with Crippen LogP contribution in [0.4, 0.5) is 5.69 Å². The van der Waals surface area contributed by atoms with Crippen LogP contribution in [0, 0.1) is 0 Å². The molecule has 0 radical (unpaired) electrons. The van der Waals surface area contributed by atoms with E-state index in [0.29, 0.717) is 17.1 Å². The third-order valence-corrected chi connectivity index (χ3v) is 5.70. The van der Waals surface area contributed by atoms with Gasteiger partial charge in [-0.2, -0.15) is 0 Å². The van der Waals surface area contributed by atoms with Gasteiger partial charge < -0.3 is 19.7 Å². The average molecular weight is 423 g/mol. The lowest BCUT2D eigenvalue weighted by Gasteiger charge is -2.20. The number of rotatable bonds is 7. The first-order valence-corrected chi connectivity index (χ1v) is 10.5. The van der Waals surface area contributed by atoms with Crippen molar-refractivity contribution in [2.75, 3.05) is 19.5 Å². The molecule has 0 saturated heterocycles. The minimum Gasteiger partial charge on any atom is -0.493 e. The molecule has 0 bridgehead atoms. The van der Waals surface area contributed by atoms with Gasteiger partial charge in [-0.3, -0.25) is 4.79 Å². The fraction of sp³-hybridized carbons (Fsp3) is 0.208. The number of nitrogens with one attached hydrogen (secondary N) is 1. The van der Waals surface area contributed by atoms with Gasteiger partial charge in [0.15, 0.2) is 11.5 Å². The van der Waals surface area contributed by atoms with E-state index in [9.17, 15) is 4.79 Å². The predicted octanol–water partition coefficient (Wildman–Crippen LogP) is 6.09. The molecule has 2 aromatic rings. The van der Waals surface area contributed by atoms with Crippen LogP contribution in [0.25, 0.3) is 5.57 Å². The molecule has 0 saturated carbocycles. The SMILES string of the molecule is C=C1SC=C(CC)N1/C=C(\C)c1ccccc1NC(=O)c1ccc(OC)c(OC)c1. The lowest BCUT2D eigenvalue weighted by Crippen LogP contribution is -2.14. The topological polar surface area (TPSA) is 50.8 Å². The highest BCUT2D eigenvalue weighted by Crippen LogP contribution is 2.37. The molecule has 3 rings (SSSR count). The molecule has 1 amide bonds. The average Bonchev–Trinajstić information content (AvgIpc) is 3.12. The van der Waals surface area contributed by atoms with Gasteiger partial charge in [0, 0.05) is 28.7 Å². The number of thioether (sulfide) groups is 1. The van der Waals surface area contributed by atoms with Crippen molar-refractivity contribution in [3.63, 3.8) is 0 Å². The van der Waals surface area contributed by atoms with Crippen molar-refractivity contribution in [2.24, 2.45) is 0 Å². The maximum absolute atomic E-state index is 12.9. The zero-order chi connectivity index (χ0) is 21.7. The quantitative estimate of drug-likeness (QED) is 0.585. The lowest BCUT2D eigenvalue weighted by molar-refractivity contribution is 0.102. The van der Waals surface area contributed by atoms with Crippen LogP contribution in [0.15, 0.2) is 71.4 Å². The molecule has 0 atom stereocenters. The second kappa shape index (κ2) is 9.59. The Balaban J connectivity index is 1.87. The summed E-state index contributed by atoms with van der Waals surface area (Å²) in [7, 11) is 3.11. The van der Waals surface area contributed by atoms with E-state index < -0.39 is 0 Å². The summed E-state index contributed by atoms with van der Waals surface area (Å²) in [5.41, 5.74) is 4.42. The van der Waals surface area contributed by atoms with Crippen LogP contribution in [0.3, 0.4) is 0 Å². The van der Waals surface area contributed by atoms with Crippen molar-refractivity contribution >= 4 is 28.9 Å². The van der Waals surface area contributed by atoms with Crippen LogP contribution in [0.2, 0.25) is 0 Å². The third-order valence-electron chi connectivity index (χ3n) is 4.84. The van der Waals surface area contributed by atoms with Crippen molar-refractivity contribution < 1.29 is 14.3 Å². The van der Waals surface area contributed by atoms with E-state index in [4.69, 9.17) is 9.47 Å². The zero-order valence-electron chi connectivity index (χ0n) is 17.7. The first-order chi connectivity index (χ1) is 14.5. The van der Waals surface area contributed by atoms with Crippen LogP contribution < -0.4 is 14.8 Å². The van der Waals surface area contributed by atoms with Crippen LogP contribution in [-0.4, -0.2) is 25.0 Å². The maximum atomic E-state index is 12.9. The molecule has 0 aliphatic carbocycles. The van der Waals surface area contributed by atoms with E-state index in [1.165, 1.54) is 5.70 Å². The summed E-state index contributed by atoms with van der Waals surface area (Å²) in [6.07, 6.45) is 2.99. The fourth-order valence-corrected chi connectivity index (χ4v) is 4.03. The Morgan fingerprint density at radius 3 is 2.60 bits per heavy atom. The molecule has 2 aromatic carbocycles. The second-order valence-corrected chi connectivity index (χ2v) is 7.67. The Hall–Kier alpha value is -3.12. The summed E-state index contributed by atoms with van der Waals surface area (Å²) in [5, 5.41) is 6.11. The van der Waals surface area contributed by atoms with Crippen molar-refractivity contribution in [3.8, 4) is 11.5 Å². The molecule has 0 spiro atoms. The van der Waals surface area contributed by atoms with Gasteiger partial charge in [0.25, 0.3) is 5.91 Å². The van der Waals surface area contributed by atoms with E-state index in [2.05, 4.69) is 35.3 Å². The molecule has 5 nitrogen and oxygen atoms in total. The number of benzene rings is 2. The molecule has 0 fully saturated rings. The molecule has 1 aliphatic heterocycles. The summed E-state index contributed by atoms with van der Waals surface area (Å²) >= 11 is 1.63. The summed E-state index contributed by atoms with van der Waals surface area (Å²) in [4.78, 5) is 15.0. The number of hydrogen-bond donors (Lipinski definition) is 1. The first-order valence-electron chi connectivity index (χ1n) is 9.63. The first kappa shape index (κ1) is 21.6. The number of hydrogen-bond acceptors (Lipinski definition) is 5. The molecule has 1 heterocycles. The standard InChI is InChI=1S/C24H26N2O3S/c1-6-19-15-30-17(3)26(19)14-16(2)20-9-7-8-10-21(20)25-24(27)18-11-12-22(28-4)23(13-18)29-5/h7-15H,3,6H2,1-2,4-5H3,(H,25,27)/b16-14+. The Labute approximate surface area is 182 Å². The molecule has 30 heavy (non-hydrogen) atoms. The van der Waals surface area contributed by atoms with E-state index in [1.54, 1.807) is 44.2 Å². The normalized spacial score (nSPS) is 13.9. The molecule has 0 unspecified atom stereocenters. The van der Waals surface area contributed by atoms with Gasteiger partial charge in [-0.05, 0) is 48.6 Å².